The Balaban J connectivity index is 0.00000312. The van der Waals surface area contributed by atoms with E-state index in [1.54, 1.807) is 7.05 Å². The lowest BCUT2D eigenvalue weighted by molar-refractivity contribution is 0.392. The van der Waals surface area contributed by atoms with Crippen molar-refractivity contribution in [2.75, 3.05) is 19.3 Å². The van der Waals surface area contributed by atoms with Gasteiger partial charge in [0.25, 0.3) is 0 Å². The number of guanidine groups is 1. The van der Waals surface area contributed by atoms with E-state index >= 15 is 0 Å². The van der Waals surface area contributed by atoms with Gasteiger partial charge in [0, 0.05) is 53.8 Å². The molecule has 0 fully saturated rings. The first kappa shape index (κ1) is 22.3. The average Bonchev–Trinajstić information content (AvgIpc) is 2.95. The van der Waals surface area contributed by atoms with Gasteiger partial charge in [0.05, 0.1) is 6.54 Å². The number of halogens is 1. The molecular weight excluding hydrogens is 451 g/mol. The molecule has 0 radical (unpaired) electrons. The molecule has 25 heavy (non-hydrogen) atoms. The lowest BCUT2D eigenvalue weighted by Gasteiger charge is -2.25. The molecule has 1 aromatic rings. The van der Waals surface area contributed by atoms with Crippen LogP contribution in [-0.2, 0) is 30.2 Å². The normalized spacial score (nSPS) is 18.9. The van der Waals surface area contributed by atoms with Crippen LogP contribution in [-0.4, -0.2) is 55.1 Å². The predicted octanol–water partition coefficient (Wildman–Crippen LogP) is 1.49. The van der Waals surface area contributed by atoms with Crippen LogP contribution in [0.5, 0.6) is 0 Å². The number of rotatable bonds is 5. The standard InChI is InChI=1S/C16H30N6OS.HI/c1-6-13-20-14-8-7-12(11-22(14)21-13)19-15(17-5)18-9-10-24(23)16(2,3)4;/h12H,6-11H2,1-5H3,(H2,17,18,19);1H. The van der Waals surface area contributed by atoms with Crippen molar-refractivity contribution < 1.29 is 4.21 Å². The quantitative estimate of drug-likeness (QED) is 0.378. The lowest BCUT2D eigenvalue weighted by atomic mass is 10.1. The summed E-state index contributed by atoms with van der Waals surface area (Å²) in [7, 11) is 0.901. The smallest absolute Gasteiger partial charge is 0.191 e. The van der Waals surface area contributed by atoms with Gasteiger partial charge in [-0.1, -0.05) is 6.92 Å². The van der Waals surface area contributed by atoms with Crippen LogP contribution in [0.25, 0.3) is 0 Å². The fourth-order valence-corrected chi connectivity index (χ4v) is 3.48. The minimum absolute atomic E-state index is 0. The van der Waals surface area contributed by atoms with E-state index in [2.05, 4.69) is 32.6 Å². The Hall–Kier alpha value is -0.710. The van der Waals surface area contributed by atoms with Crippen molar-refractivity contribution in [3.8, 4) is 0 Å². The van der Waals surface area contributed by atoms with Gasteiger partial charge in [-0.3, -0.25) is 9.20 Å². The molecule has 1 aliphatic heterocycles. The molecule has 2 atom stereocenters. The second-order valence-electron chi connectivity index (χ2n) is 7.02. The molecule has 2 N–H and O–H groups in total. The number of nitrogens with one attached hydrogen (secondary N) is 2. The molecule has 2 heterocycles. The maximum absolute atomic E-state index is 12.1. The van der Waals surface area contributed by atoms with Crippen molar-refractivity contribution in [1.29, 1.82) is 0 Å². The van der Waals surface area contributed by atoms with E-state index in [1.807, 2.05) is 25.5 Å². The summed E-state index contributed by atoms with van der Waals surface area (Å²) in [5.41, 5.74) is 0. The van der Waals surface area contributed by atoms with Gasteiger partial charge >= 0.3 is 0 Å². The summed E-state index contributed by atoms with van der Waals surface area (Å²) in [6.07, 6.45) is 2.80. The van der Waals surface area contributed by atoms with Crippen LogP contribution in [0.15, 0.2) is 4.99 Å². The first-order chi connectivity index (χ1) is 11.3. The average molecular weight is 482 g/mol. The summed E-state index contributed by atoms with van der Waals surface area (Å²) in [6.45, 7) is 9.52. The van der Waals surface area contributed by atoms with Gasteiger partial charge in [-0.25, -0.2) is 9.67 Å². The van der Waals surface area contributed by atoms with E-state index < -0.39 is 10.8 Å². The van der Waals surface area contributed by atoms with E-state index in [4.69, 9.17) is 0 Å². The zero-order chi connectivity index (χ0) is 17.7. The van der Waals surface area contributed by atoms with E-state index in [0.717, 1.165) is 43.4 Å². The van der Waals surface area contributed by atoms with Crippen molar-refractivity contribution in [2.24, 2.45) is 4.99 Å². The molecule has 2 rings (SSSR count). The monoisotopic (exact) mass is 482 g/mol. The molecular formula is C16H31IN6OS. The SMILES string of the molecule is CCc1nc2n(n1)CC(NC(=NC)NCCS(=O)C(C)(C)C)CC2.I. The van der Waals surface area contributed by atoms with Crippen LogP contribution in [0.3, 0.4) is 0 Å². The largest absolute Gasteiger partial charge is 0.355 e. The Morgan fingerprint density at radius 2 is 2.16 bits per heavy atom. The van der Waals surface area contributed by atoms with Crippen molar-refractivity contribution in [3.63, 3.8) is 0 Å². The van der Waals surface area contributed by atoms with Crippen molar-refractivity contribution in [2.45, 2.75) is 64.3 Å². The maximum Gasteiger partial charge on any atom is 0.191 e. The number of fused-ring (bicyclic) bond motifs is 1. The zero-order valence-electron chi connectivity index (χ0n) is 15.8. The molecule has 1 aromatic heterocycles. The maximum atomic E-state index is 12.1. The van der Waals surface area contributed by atoms with E-state index in [1.165, 1.54) is 0 Å². The van der Waals surface area contributed by atoms with Crippen LogP contribution in [0, 0.1) is 0 Å². The van der Waals surface area contributed by atoms with E-state index in [0.29, 0.717) is 12.3 Å². The zero-order valence-corrected chi connectivity index (χ0v) is 19.0. The van der Waals surface area contributed by atoms with Gasteiger partial charge in [-0.2, -0.15) is 5.10 Å². The second-order valence-corrected chi connectivity index (χ2v) is 9.34. The summed E-state index contributed by atoms with van der Waals surface area (Å²) in [4.78, 5) is 8.81. The Morgan fingerprint density at radius 3 is 2.76 bits per heavy atom. The van der Waals surface area contributed by atoms with Crippen molar-refractivity contribution in [3.05, 3.63) is 11.6 Å². The highest BCUT2D eigenvalue weighted by Crippen LogP contribution is 2.13. The van der Waals surface area contributed by atoms with Gasteiger partial charge in [0.1, 0.15) is 5.82 Å². The Bertz CT molecular complexity index is 610. The van der Waals surface area contributed by atoms with Gasteiger partial charge < -0.3 is 10.6 Å². The number of hydrogen-bond donors (Lipinski definition) is 2. The second kappa shape index (κ2) is 9.84. The van der Waals surface area contributed by atoms with Crippen LogP contribution in [0.4, 0.5) is 0 Å². The van der Waals surface area contributed by atoms with Crippen LogP contribution < -0.4 is 10.6 Å². The Morgan fingerprint density at radius 1 is 1.44 bits per heavy atom. The Labute approximate surface area is 170 Å². The molecule has 0 saturated carbocycles. The molecule has 7 nitrogen and oxygen atoms in total. The molecule has 0 spiro atoms. The molecule has 0 aromatic carbocycles. The third kappa shape index (κ3) is 6.50. The fourth-order valence-electron chi connectivity index (χ4n) is 2.58. The van der Waals surface area contributed by atoms with Crippen molar-refractivity contribution >= 4 is 40.7 Å². The molecule has 1 aliphatic rings. The number of aliphatic imine (C=N–C) groups is 1. The number of hydrogen-bond acceptors (Lipinski definition) is 4. The Kier molecular flexibility index (Phi) is 8.79. The third-order valence-electron chi connectivity index (χ3n) is 4.05. The van der Waals surface area contributed by atoms with Crippen LogP contribution in [0.2, 0.25) is 0 Å². The number of aromatic nitrogens is 3. The topological polar surface area (TPSA) is 84.2 Å². The minimum atomic E-state index is -0.858. The van der Waals surface area contributed by atoms with Gasteiger partial charge in [0.15, 0.2) is 11.8 Å². The van der Waals surface area contributed by atoms with Gasteiger partial charge in [0.2, 0.25) is 0 Å². The number of aryl methyl sites for hydroxylation is 2. The highest BCUT2D eigenvalue weighted by molar-refractivity contribution is 14.0. The molecule has 144 valence electrons. The summed E-state index contributed by atoms with van der Waals surface area (Å²) < 4.78 is 13.9. The van der Waals surface area contributed by atoms with E-state index in [9.17, 15) is 4.21 Å². The molecule has 0 bridgehead atoms. The fraction of sp³-hybridized carbons (Fsp3) is 0.812. The van der Waals surface area contributed by atoms with Crippen LogP contribution in [0.1, 0.15) is 45.8 Å². The first-order valence-electron chi connectivity index (χ1n) is 8.61. The van der Waals surface area contributed by atoms with Crippen LogP contribution >= 0.6 is 24.0 Å². The lowest BCUT2D eigenvalue weighted by Crippen LogP contribution is -2.48. The summed E-state index contributed by atoms with van der Waals surface area (Å²) >= 11 is 0. The summed E-state index contributed by atoms with van der Waals surface area (Å²) in [6, 6.07) is 0.281. The predicted molar refractivity (Wildman–Crippen MR) is 114 cm³/mol. The van der Waals surface area contributed by atoms with E-state index in [-0.39, 0.29) is 34.8 Å². The summed E-state index contributed by atoms with van der Waals surface area (Å²) in [5.74, 6) is 3.36. The molecule has 2 unspecified atom stereocenters. The van der Waals surface area contributed by atoms with Gasteiger partial charge in [-0.15, -0.1) is 24.0 Å². The highest BCUT2D eigenvalue weighted by atomic mass is 127. The third-order valence-corrected chi connectivity index (χ3v) is 5.99. The molecule has 0 saturated heterocycles. The van der Waals surface area contributed by atoms with Gasteiger partial charge in [-0.05, 0) is 27.2 Å². The summed E-state index contributed by atoms with van der Waals surface area (Å²) in [5, 5.41) is 11.2. The van der Waals surface area contributed by atoms with Crippen molar-refractivity contribution in [1.82, 2.24) is 25.4 Å². The molecule has 0 amide bonds. The molecule has 9 heteroatoms. The first-order valence-corrected chi connectivity index (χ1v) is 9.93. The number of nitrogens with zero attached hydrogens (tertiary/aromatic N) is 4. The highest BCUT2D eigenvalue weighted by Gasteiger charge is 2.22. The molecule has 0 aliphatic carbocycles. The minimum Gasteiger partial charge on any atom is -0.355 e.